The fourth-order valence-corrected chi connectivity index (χ4v) is 3.02. The zero-order chi connectivity index (χ0) is 14.1. The van der Waals surface area contributed by atoms with Crippen LogP contribution in [-0.2, 0) is 11.2 Å². The topological polar surface area (TPSA) is 107 Å². The minimum Gasteiger partial charge on any atom is -0.481 e. The Hall–Kier alpha value is -1.90. The highest BCUT2D eigenvalue weighted by atomic mass is 32.1. The van der Waals surface area contributed by atoms with Crippen LogP contribution in [0.1, 0.15) is 37.9 Å². The fourth-order valence-electron chi connectivity index (χ4n) is 2.29. The van der Waals surface area contributed by atoms with E-state index in [0.29, 0.717) is 11.7 Å². The molecule has 9 heteroatoms. The number of nitrogens with zero attached hydrogens (tertiary/aromatic N) is 6. The molecule has 0 saturated heterocycles. The molecule has 1 unspecified atom stereocenters. The number of aryl methyl sites for hydroxylation is 1. The van der Waals surface area contributed by atoms with Gasteiger partial charge in [0.15, 0.2) is 5.82 Å². The predicted octanol–water partition coefficient (Wildman–Crippen LogP) is 1.18. The zero-order valence-corrected chi connectivity index (χ0v) is 11.7. The summed E-state index contributed by atoms with van der Waals surface area (Å²) in [6, 6.07) is -0.190. The fraction of sp³-hybridized carbons (Fsp3) is 0.636. The minimum atomic E-state index is -0.832. The van der Waals surface area contributed by atoms with Gasteiger partial charge >= 0.3 is 5.97 Å². The van der Waals surface area contributed by atoms with Crippen LogP contribution >= 0.6 is 11.5 Å². The van der Waals surface area contributed by atoms with E-state index in [-0.39, 0.29) is 12.5 Å². The third-order valence-corrected chi connectivity index (χ3v) is 4.21. The molecule has 2 aromatic heterocycles. The zero-order valence-electron chi connectivity index (χ0n) is 10.9. The number of carboxylic acids is 1. The van der Waals surface area contributed by atoms with Crippen molar-refractivity contribution in [2.24, 2.45) is 5.92 Å². The Bertz CT molecular complexity index is 620. The molecule has 8 nitrogen and oxygen atoms in total. The van der Waals surface area contributed by atoms with Crippen molar-refractivity contribution in [3.63, 3.8) is 0 Å². The lowest BCUT2D eigenvalue weighted by Gasteiger charge is -2.15. The number of rotatable bonds is 6. The summed E-state index contributed by atoms with van der Waals surface area (Å²) in [6.45, 7) is 1.99. The monoisotopic (exact) mass is 294 g/mol. The molecule has 0 aliphatic heterocycles. The molecule has 2 aromatic rings. The van der Waals surface area contributed by atoms with Gasteiger partial charge in [-0.3, -0.25) is 4.79 Å². The molecule has 1 fully saturated rings. The Morgan fingerprint density at radius 2 is 2.30 bits per heavy atom. The number of aromatic nitrogens is 6. The van der Waals surface area contributed by atoms with E-state index in [9.17, 15) is 4.79 Å². The standard InChI is InChI=1S/C11H14N6O2S/c1-2-7-10(20-16-12-7)11-13-14-15-17(11)8(5-9(18)19)6-3-4-6/h6,8H,2-5H2,1H3,(H,18,19). The van der Waals surface area contributed by atoms with E-state index in [0.717, 1.165) is 29.8 Å². The van der Waals surface area contributed by atoms with Gasteiger partial charge in [0, 0.05) is 0 Å². The Labute approximate surface area is 119 Å². The first-order chi connectivity index (χ1) is 9.70. The second kappa shape index (κ2) is 5.23. The first kappa shape index (κ1) is 13.1. The summed E-state index contributed by atoms with van der Waals surface area (Å²) in [5.41, 5.74) is 0.843. The van der Waals surface area contributed by atoms with Gasteiger partial charge in [-0.1, -0.05) is 11.4 Å². The van der Waals surface area contributed by atoms with Crippen molar-refractivity contribution in [1.29, 1.82) is 0 Å². The Kier molecular flexibility index (Phi) is 3.43. The van der Waals surface area contributed by atoms with Gasteiger partial charge in [-0.05, 0) is 47.1 Å². The highest BCUT2D eigenvalue weighted by Gasteiger charge is 2.37. The van der Waals surface area contributed by atoms with E-state index >= 15 is 0 Å². The van der Waals surface area contributed by atoms with Crippen molar-refractivity contribution < 1.29 is 9.90 Å². The predicted molar refractivity (Wildman–Crippen MR) is 70.1 cm³/mol. The molecule has 0 bridgehead atoms. The van der Waals surface area contributed by atoms with Crippen LogP contribution in [-0.4, -0.2) is 40.9 Å². The van der Waals surface area contributed by atoms with Gasteiger partial charge in [0.25, 0.3) is 0 Å². The van der Waals surface area contributed by atoms with Crippen molar-refractivity contribution in [3.8, 4) is 10.7 Å². The lowest BCUT2D eigenvalue weighted by atomic mass is 10.1. The summed E-state index contributed by atoms with van der Waals surface area (Å²) in [5, 5.41) is 24.9. The molecule has 0 spiro atoms. The van der Waals surface area contributed by atoms with Gasteiger partial charge in [0.2, 0.25) is 0 Å². The molecule has 106 valence electrons. The van der Waals surface area contributed by atoms with Gasteiger partial charge in [-0.2, -0.15) is 0 Å². The van der Waals surface area contributed by atoms with E-state index < -0.39 is 5.97 Å². The van der Waals surface area contributed by atoms with E-state index in [1.807, 2.05) is 6.92 Å². The number of tetrazole rings is 1. The third-order valence-electron chi connectivity index (χ3n) is 3.45. The maximum absolute atomic E-state index is 11.1. The minimum absolute atomic E-state index is 0.0381. The summed E-state index contributed by atoms with van der Waals surface area (Å²) < 4.78 is 5.58. The first-order valence-corrected chi connectivity index (χ1v) is 7.29. The molecular weight excluding hydrogens is 280 g/mol. The van der Waals surface area contributed by atoms with Gasteiger partial charge < -0.3 is 5.11 Å². The molecule has 2 heterocycles. The molecule has 1 saturated carbocycles. The number of aliphatic carboxylic acids is 1. The van der Waals surface area contributed by atoms with Crippen molar-refractivity contribution in [3.05, 3.63) is 5.69 Å². The Morgan fingerprint density at radius 3 is 2.95 bits per heavy atom. The van der Waals surface area contributed by atoms with Gasteiger partial charge in [-0.15, -0.1) is 10.2 Å². The van der Waals surface area contributed by atoms with E-state index in [1.165, 1.54) is 11.5 Å². The number of hydrogen-bond donors (Lipinski definition) is 1. The second-order valence-corrected chi connectivity index (χ2v) is 5.61. The summed E-state index contributed by atoms with van der Waals surface area (Å²) in [7, 11) is 0. The van der Waals surface area contributed by atoms with Gasteiger partial charge in [0.05, 0.1) is 18.2 Å². The molecule has 3 rings (SSSR count). The van der Waals surface area contributed by atoms with Gasteiger partial charge in [0.1, 0.15) is 4.88 Å². The first-order valence-electron chi connectivity index (χ1n) is 6.52. The SMILES string of the molecule is CCc1nnsc1-c1nnnn1C(CC(=O)O)C1CC1. The van der Waals surface area contributed by atoms with Gasteiger partial charge in [-0.25, -0.2) is 4.68 Å². The molecule has 1 aliphatic carbocycles. The second-order valence-electron chi connectivity index (χ2n) is 4.85. The van der Waals surface area contributed by atoms with Crippen LogP contribution in [0, 0.1) is 5.92 Å². The number of hydrogen-bond acceptors (Lipinski definition) is 7. The number of carbonyl (C=O) groups is 1. The molecule has 1 atom stereocenters. The summed E-state index contributed by atoms with van der Waals surface area (Å²) in [5.74, 6) is 0.0933. The average molecular weight is 294 g/mol. The van der Waals surface area contributed by atoms with Crippen molar-refractivity contribution >= 4 is 17.5 Å². The molecule has 1 aliphatic rings. The quantitative estimate of drug-likeness (QED) is 0.852. The van der Waals surface area contributed by atoms with Crippen LogP contribution in [0.2, 0.25) is 0 Å². The van der Waals surface area contributed by atoms with Crippen molar-refractivity contribution in [2.45, 2.75) is 38.6 Å². The highest BCUT2D eigenvalue weighted by Crippen LogP contribution is 2.42. The summed E-state index contributed by atoms with van der Waals surface area (Å²) >= 11 is 1.24. The van der Waals surface area contributed by atoms with Crippen LogP contribution in [0.3, 0.4) is 0 Å². The van der Waals surface area contributed by atoms with Crippen LogP contribution in [0.5, 0.6) is 0 Å². The van der Waals surface area contributed by atoms with E-state index in [4.69, 9.17) is 5.11 Å². The molecule has 0 aromatic carbocycles. The van der Waals surface area contributed by atoms with Crippen LogP contribution in [0.15, 0.2) is 0 Å². The third kappa shape index (κ3) is 2.40. The highest BCUT2D eigenvalue weighted by molar-refractivity contribution is 7.09. The maximum atomic E-state index is 11.1. The summed E-state index contributed by atoms with van der Waals surface area (Å²) in [6.07, 6.45) is 2.83. The van der Waals surface area contributed by atoms with E-state index in [2.05, 4.69) is 25.1 Å². The summed E-state index contributed by atoms with van der Waals surface area (Å²) in [4.78, 5) is 11.9. The van der Waals surface area contributed by atoms with Crippen LogP contribution < -0.4 is 0 Å². The molecule has 0 amide bonds. The Morgan fingerprint density at radius 1 is 1.50 bits per heavy atom. The Balaban J connectivity index is 1.98. The molecular formula is C11H14N6O2S. The smallest absolute Gasteiger partial charge is 0.305 e. The normalized spacial score (nSPS) is 16.2. The van der Waals surface area contributed by atoms with Crippen LogP contribution in [0.4, 0.5) is 0 Å². The average Bonchev–Trinajstić information content (AvgIpc) is 2.98. The molecule has 0 radical (unpaired) electrons. The number of carboxylic acid groups (broad SMARTS) is 1. The van der Waals surface area contributed by atoms with E-state index in [1.54, 1.807) is 4.68 Å². The largest absolute Gasteiger partial charge is 0.481 e. The lowest BCUT2D eigenvalue weighted by Crippen LogP contribution is -2.18. The van der Waals surface area contributed by atoms with Crippen LogP contribution in [0.25, 0.3) is 10.7 Å². The molecule has 1 N–H and O–H groups in total. The van der Waals surface area contributed by atoms with Crippen molar-refractivity contribution in [2.75, 3.05) is 0 Å². The maximum Gasteiger partial charge on any atom is 0.305 e. The molecule has 20 heavy (non-hydrogen) atoms. The lowest BCUT2D eigenvalue weighted by molar-refractivity contribution is -0.138. The van der Waals surface area contributed by atoms with Crippen molar-refractivity contribution in [1.82, 2.24) is 29.8 Å².